The molecule has 0 saturated carbocycles. The lowest BCUT2D eigenvalue weighted by molar-refractivity contribution is 0.601. The lowest BCUT2D eigenvalue weighted by Gasteiger charge is -2.12. The number of aryl methyl sites for hydroxylation is 1. The highest BCUT2D eigenvalue weighted by Crippen LogP contribution is 2.35. The molecule has 0 spiro atoms. The van der Waals surface area contributed by atoms with Crippen LogP contribution >= 0.6 is 38.9 Å². The molecule has 1 nitrogen and oxygen atoms in total. The maximum absolute atomic E-state index is 13.7. The number of thiophene rings is 1. The first-order valence-corrected chi connectivity index (χ1v) is 6.94. The van der Waals surface area contributed by atoms with Gasteiger partial charge in [-0.1, -0.05) is 11.6 Å². The summed E-state index contributed by atoms with van der Waals surface area (Å²) in [7, 11) is 0. The normalized spacial score (nSPS) is 12.8. The average molecular weight is 335 g/mol. The molecule has 0 saturated heterocycles. The zero-order valence-corrected chi connectivity index (χ0v) is 12.2. The smallest absolute Gasteiger partial charge is 0.128 e. The fraction of sp³-hybridized carbons (Fsp3) is 0.167. The first-order valence-electron chi connectivity index (χ1n) is 4.95. The van der Waals surface area contributed by atoms with Crippen LogP contribution in [0, 0.1) is 12.7 Å². The Hall–Kier alpha value is -0.420. The number of hydrogen-bond acceptors (Lipinski definition) is 2. The Morgan fingerprint density at radius 2 is 2.12 bits per heavy atom. The Morgan fingerprint density at radius 1 is 1.41 bits per heavy atom. The molecule has 0 amide bonds. The van der Waals surface area contributed by atoms with Crippen molar-refractivity contribution in [2.24, 2.45) is 5.73 Å². The fourth-order valence-corrected chi connectivity index (χ4v) is 3.71. The predicted octanol–water partition coefficient (Wildman–Crippen LogP) is 4.66. The largest absolute Gasteiger partial charge is 0.319 e. The number of benzene rings is 1. The molecule has 0 aliphatic rings. The highest BCUT2D eigenvalue weighted by molar-refractivity contribution is 9.10. The Balaban J connectivity index is 2.46. The van der Waals surface area contributed by atoms with E-state index in [1.807, 2.05) is 13.0 Å². The first kappa shape index (κ1) is 13.0. The Kier molecular flexibility index (Phi) is 3.88. The average Bonchev–Trinajstić information content (AvgIpc) is 2.60. The van der Waals surface area contributed by atoms with Crippen LogP contribution in [0.1, 0.15) is 21.4 Å². The van der Waals surface area contributed by atoms with Crippen LogP contribution in [-0.2, 0) is 0 Å². The van der Waals surface area contributed by atoms with E-state index in [1.54, 1.807) is 17.4 Å². The molecule has 17 heavy (non-hydrogen) atoms. The van der Waals surface area contributed by atoms with E-state index < -0.39 is 6.04 Å². The molecule has 90 valence electrons. The molecule has 1 heterocycles. The van der Waals surface area contributed by atoms with Gasteiger partial charge in [0.1, 0.15) is 5.82 Å². The van der Waals surface area contributed by atoms with Crippen molar-refractivity contribution in [3.05, 3.63) is 54.9 Å². The number of nitrogens with two attached hydrogens (primary N) is 1. The first-order chi connectivity index (χ1) is 7.99. The molecule has 0 fully saturated rings. The molecule has 0 bridgehead atoms. The number of hydrogen-bond donors (Lipinski definition) is 1. The maximum Gasteiger partial charge on any atom is 0.128 e. The molecule has 1 aromatic heterocycles. The van der Waals surface area contributed by atoms with Crippen molar-refractivity contribution in [3.63, 3.8) is 0 Å². The van der Waals surface area contributed by atoms with Crippen LogP contribution in [0.25, 0.3) is 0 Å². The molecule has 2 N–H and O–H groups in total. The Morgan fingerprint density at radius 3 is 2.71 bits per heavy atom. The summed E-state index contributed by atoms with van der Waals surface area (Å²) in [6, 6.07) is 5.90. The van der Waals surface area contributed by atoms with Crippen LogP contribution in [0.2, 0.25) is 5.02 Å². The van der Waals surface area contributed by atoms with Crippen molar-refractivity contribution in [1.29, 1.82) is 0 Å². The second-order valence-electron chi connectivity index (χ2n) is 3.71. The van der Waals surface area contributed by atoms with Gasteiger partial charge in [-0.15, -0.1) is 11.3 Å². The van der Waals surface area contributed by atoms with Crippen molar-refractivity contribution >= 4 is 38.9 Å². The standard InChI is InChI=1S/C12H10BrClFNS/c1-6-4-9(13)12(17-6)11(16)8-5-7(14)2-3-10(8)15/h2-5,11H,16H2,1H3. The van der Waals surface area contributed by atoms with E-state index in [9.17, 15) is 4.39 Å². The molecule has 5 heteroatoms. The highest BCUT2D eigenvalue weighted by atomic mass is 79.9. The summed E-state index contributed by atoms with van der Waals surface area (Å²) in [6.07, 6.45) is 0. The van der Waals surface area contributed by atoms with Gasteiger partial charge in [0.25, 0.3) is 0 Å². The van der Waals surface area contributed by atoms with Gasteiger partial charge in [0.15, 0.2) is 0 Å². The van der Waals surface area contributed by atoms with Gasteiger partial charge in [0.05, 0.1) is 6.04 Å². The van der Waals surface area contributed by atoms with Crippen LogP contribution in [0.15, 0.2) is 28.7 Å². The third kappa shape index (κ3) is 2.71. The second-order valence-corrected chi connectivity index (χ2v) is 6.29. The second kappa shape index (κ2) is 5.06. The number of halogens is 3. The SMILES string of the molecule is Cc1cc(Br)c(C(N)c2cc(Cl)ccc2F)s1. The molecule has 1 atom stereocenters. The molecule has 1 unspecified atom stereocenters. The van der Waals surface area contributed by atoms with Crippen molar-refractivity contribution in [2.75, 3.05) is 0 Å². The van der Waals surface area contributed by atoms with Gasteiger partial charge in [-0.05, 0) is 47.1 Å². The minimum absolute atomic E-state index is 0.333. The van der Waals surface area contributed by atoms with Crippen LogP contribution < -0.4 is 5.73 Å². The predicted molar refractivity (Wildman–Crippen MR) is 74.2 cm³/mol. The minimum Gasteiger partial charge on any atom is -0.319 e. The van der Waals surface area contributed by atoms with Gasteiger partial charge >= 0.3 is 0 Å². The van der Waals surface area contributed by atoms with Crippen molar-refractivity contribution in [3.8, 4) is 0 Å². The van der Waals surface area contributed by atoms with Gasteiger partial charge < -0.3 is 5.73 Å². The van der Waals surface area contributed by atoms with Gasteiger partial charge in [-0.3, -0.25) is 0 Å². The fourth-order valence-electron chi connectivity index (χ4n) is 1.61. The monoisotopic (exact) mass is 333 g/mol. The van der Waals surface area contributed by atoms with E-state index >= 15 is 0 Å². The minimum atomic E-state index is -0.498. The summed E-state index contributed by atoms with van der Waals surface area (Å²) >= 11 is 10.8. The van der Waals surface area contributed by atoms with E-state index in [0.717, 1.165) is 14.2 Å². The van der Waals surface area contributed by atoms with Crippen LogP contribution in [0.5, 0.6) is 0 Å². The molecule has 0 aliphatic heterocycles. The zero-order chi connectivity index (χ0) is 12.6. The summed E-state index contributed by atoms with van der Waals surface area (Å²) < 4.78 is 14.6. The number of rotatable bonds is 2. The summed E-state index contributed by atoms with van der Waals surface area (Å²) in [5.74, 6) is -0.333. The molecule has 0 radical (unpaired) electrons. The van der Waals surface area contributed by atoms with Crippen molar-refractivity contribution < 1.29 is 4.39 Å². The zero-order valence-electron chi connectivity index (χ0n) is 9.01. The molecular formula is C12H10BrClFNS. The maximum atomic E-state index is 13.7. The van der Waals surface area contributed by atoms with Crippen molar-refractivity contribution in [2.45, 2.75) is 13.0 Å². The van der Waals surface area contributed by atoms with E-state index in [0.29, 0.717) is 10.6 Å². The van der Waals surface area contributed by atoms with E-state index in [2.05, 4.69) is 15.9 Å². The quantitative estimate of drug-likeness (QED) is 0.849. The van der Waals surface area contributed by atoms with E-state index in [1.165, 1.54) is 12.1 Å². The summed E-state index contributed by atoms with van der Waals surface area (Å²) in [5.41, 5.74) is 6.50. The van der Waals surface area contributed by atoms with Crippen molar-refractivity contribution in [1.82, 2.24) is 0 Å². The Labute approximate surface area is 117 Å². The topological polar surface area (TPSA) is 26.0 Å². The van der Waals surface area contributed by atoms with Crippen LogP contribution in [0.4, 0.5) is 4.39 Å². The van der Waals surface area contributed by atoms with Crippen LogP contribution in [0.3, 0.4) is 0 Å². The third-order valence-corrected chi connectivity index (χ3v) is 4.70. The van der Waals surface area contributed by atoms with Gasteiger partial charge in [-0.25, -0.2) is 4.39 Å². The molecule has 0 aliphatic carbocycles. The van der Waals surface area contributed by atoms with Gasteiger partial charge in [0.2, 0.25) is 0 Å². The Bertz CT molecular complexity index is 555. The summed E-state index contributed by atoms with van der Waals surface area (Å²) in [6.45, 7) is 1.99. The third-order valence-electron chi connectivity index (χ3n) is 2.41. The lowest BCUT2D eigenvalue weighted by Crippen LogP contribution is -2.12. The summed E-state index contributed by atoms with van der Waals surface area (Å²) in [4.78, 5) is 2.04. The summed E-state index contributed by atoms with van der Waals surface area (Å²) in [5, 5.41) is 0.487. The van der Waals surface area contributed by atoms with Gasteiger partial charge in [0, 0.05) is 24.8 Å². The lowest BCUT2D eigenvalue weighted by atomic mass is 10.1. The molecule has 2 aromatic rings. The van der Waals surface area contributed by atoms with E-state index in [4.69, 9.17) is 17.3 Å². The molecular weight excluding hydrogens is 325 g/mol. The molecule has 2 rings (SSSR count). The highest BCUT2D eigenvalue weighted by Gasteiger charge is 2.18. The van der Waals surface area contributed by atoms with Crippen LogP contribution in [-0.4, -0.2) is 0 Å². The molecule has 1 aromatic carbocycles. The van der Waals surface area contributed by atoms with Gasteiger partial charge in [-0.2, -0.15) is 0 Å². The van der Waals surface area contributed by atoms with E-state index in [-0.39, 0.29) is 5.82 Å².